The van der Waals surface area contributed by atoms with E-state index < -0.39 is 0 Å². The van der Waals surface area contributed by atoms with E-state index in [0.29, 0.717) is 24.0 Å². The zero-order chi connectivity index (χ0) is 12.1. The number of hydrogen-bond donors (Lipinski definition) is 1. The minimum absolute atomic E-state index is 0.611. The maximum absolute atomic E-state index is 6.18. The third-order valence-electron chi connectivity index (χ3n) is 2.48. The van der Waals surface area contributed by atoms with E-state index in [1.54, 1.807) is 0 Å². The number of benzene rings is 1. The SMILES string of the molecule is C=CCNCc1cc(Cl)c2c(c1)OCCCO2. The largest absolute Gasteiger partial charge is 0.489 e. The molecule has 92 valence electrons. The molecular formula is C13H16ClNO2. The average Bonchev–Trinajstić information content (AvgIpc) is 2.55. The van der Waals surface area contributed by atoms with Gasteiger partial charge in [0.2, 0.25) is 0 Å². The molecule has 0 aliphatic carbocycles. The number of rotatable bonds is 4. The summed E-state index contributed by atoms with van der Waals surface area (Å²) in [6, 6.07) is 3.88. The summed E-state index contributed by atoms with van der Waals surface area (Å²) < 4.78 is 11.2. The number of halogens is 1. The highest BCUT2D eigenvalue weighted by molar-refractivity contribution is 6.32. The third-order valence-corrected chi connectivity index (χ3v) is 2.76. The molecule has 1 aliphatic rings. The Morgan fingerprint density at radius 2 is 2.18 bits per heavy atom. The number of fused-ring (bicyclic) bond motifs is 1. The van der Waals surface area contributed by atoms with Gasteiger partial charge in [0, 0.05) is 19.5 Å². The molecule has 0 spiro atoms. The van der Waals surface area contributed by atoms with Crippen molar-refractivity contribution >= 4 is 11.6 Å². The van der Waals surface area contributed by atoms with Gasteiger partial charge >= 0.3 is 0 Å². The molecule has 0 unspecified atom stereocenters. The molecule has 4 heteroatoms. The first-order chi connectivity index (χ1) is 8.31. The van der Waals surface area contributed by atoms with Gasteiger partial charge in [0.15, 0.2) is 11.5 Å². The predicted molar refractivity (Wildman–Crippen MR) is 69.0 cm³/mol. The van der Waals surface area contributed by atoms with E-state index in [0.717, 1.165) is 30.8 Å². The van der Waals surface area contributed by atoms with Crippen molar-refractivity contribution in [3.05, 3.63) is 35.4 Å². The molecule has 3 nitrogen and oxygen atoms in total. The number of ether oxygens (including phenoxy) is 2. The van der Waals surface area contributed by atoms with Crippen molar-refractivity contribution < 1.29 is 9.47 Å². The Morgan fingerprint density at radius 3 is 3.00 bits per heavy atom. The lowest BCUT2D eigenvalue weighted by Gasteiger charge is -2.11. The van der Waals surface area contributed by atoms with Gasteiger partial charge in [-0.05, 0) is 17.7 Å². The van der Waals surface area contributed by atoms with Crippen molar-refractivity contribution in [3.8, 4) is 11.5 Å². The van der Waals surface area contributed by atoms with Gasteiger partial charge in [0.25, 0.3) is 0 Å². The molecule has 1 aromatic carbocycles. The molecule has 0 atom stereocenters. The molecule has 0 fully saturated rings. The van der Waals surface area contributed by atoms with Crippen LogP contribution in [0.15, 0.2) is 24.8 Å². The average molecular weight is 254 g/mol. The van der Waals surface area contributed by atoms with Crippen molar-refractivity contribution in [2.45, 2.75) is 13.0 Å². The van der Waals surface area contributed by atoms with Crippen LogP contribution in [0.1, 0.15) is 12.0 Å². The van der Waals surface area contributed by atoms with Crippen molar-refractivity contribution in [1.82, 2.24) is 5.32 Å². The van der Waals surface area contributed by atoms with Crippen LogP contribution in [0.4, 0.5) is 0 Å². The van der Waals surface area contributed by atoms with Crippen LogP contribution in [-0.4, -0.2) is 19.8 Å². The van der Waals surface area contributed by atoms with Crippen LogP contribution in [0, 0.1) is 0 Å². The maximum Gasteiger partial charge on any atom is 0.179 e. The van der Waals surface area contributed by atoms with Crippen molar-refractivity contribution in [1.29, 1.82) is 0 Å². The van der Waals surface area contributed by atoms with Crippen molar-refractivity contribution in [3.63, 3.8) is 0 Å². The Bertz CT molecular complexity index is 407. The van der Waals surface area contributed by atoms with Gasteiger partial charge < -0.3 is 14.8 Å². The Kier molecular flexibility index (Phi) is 4.29. The predicted octanol–water partition coefficient (Wildman–Crippen LogP) is 2.78. The second kappa shape index (κ2) is 5.94. The molecule has 0 bridgehead atoms. The van der Waals surface area contributed by atoms with Gasteiger partial charge in [-0.25, -0.2) is 0 Å². The summed E-state index contributed by atoms with van der Waals surface area (Å²) in [5, 5.41) is 3.84. The third kappa shape index (κ3) is 3.14. The van der Waals surface area contributed by atoms with Crippen LogP contribution < -0.4 is 14.8 Å². The first-order valence-corrected chi connectivity index (χ1v) is 6.08. The molecule has 17 heavy (non-hydrogen) atoms. The van der Waals surface area contributed by atoms with Gasteiger partial charge in [-0.2, -0.15) is 0 Å². The lowest BCUT2D eigenvalue weighted by molar-refractivity contribution is 0.297. The summed E-state index contributed by atoms with van der Waals surface area (Å²) in [5.41, 5.74) is 1.08. The maximum atomic E-state index is 6.18. The van der Waals surface area contributed by atoms with Crippen LogP contribution in [0.2, 0.25) is 5.02 Å². The van der Waals surface area contributed by atoms with Gasteiger partial charge in [0.05, 0.1) is 18.2 Å². The first kappa shape index (κ1) is 12.3. The van der Waals surface area contributed by atoms with Crippen LogP contribution in [0.5, 0.6) is 11.5 Å². The molecule has 1 aliphatic heterocycles. The van der Waals surface area contributed by atoms with Crippen LogP contribution >= 0.6 is 11.6 Å². The molecule has 0 saturated carbocycles. The summed E-state index contributed by atoms with van der Waals surface area (Å²) in [7, 11) is 0. The summed E-state index contributed by atoms with van der Waals surface area (Å²) in [6.45, 7) is 6.49. The molecule has 1 N–H and O–H groups in total. The van der Waals surface area contributed by atoms with Crippen molar-refractivity contribution in [2.24, 2.45) is 0 Å². The van der Waals surface area contributed by atoms with Gasteiger partial charge in [-0.3, -0.25) is 0 Å². The monoisotopic (exact) mass is 253 g/mol. The Morgan fingerprint density at radius 1 is 1.35 bits per heavy atom. The highest BCUT2D eigenvalue weighted by Gasteiger charge is 2.15. The molecule has 1 aromatic rings. The zero-order valence-electron chi connectivity index (χ0n) is 9.67. The quantitative estimate of drug-likeness (QED) is 0.661. The minimum Gasteiger partial charge on any atom is -0.489 e. The topological polar surface area (TPSA) is 30.5 Å². The Labute approximate surface area is 106 Å². The smallest absolute Gasteiger partial charge is 0.179 e. The lowest BCUT2D eigenvalue weighted by Crippen LogP contribution is -2.12. The normalized spacial score (nSPS) is 14.2. The lowest BCUT2D eigenvalue weighted by atomic mass is 10.2. The molecule has 2 rings (SSSR count). The van der Waals surface area contributed by atoms with Crippen LogP contribution in [0.25, 0.3) is 0 Å². The van der Waals surface area contributed by atoms with Gasteiger partial charge in [-0.15, -0.1) is 6.58 Å². The van der Waals surface area contributed by atoms with Gasteiger partial charge in [-0.1, -0.05) is 17.7 Å². The fourth-order valence-corrected chi connectivity index (χ4v) is 1.99. The number of nitrogens with one attached hydrogen (secondary N) is 1. The summed E-state index contributed by atoms with van der Waals surface area (Å²) in [6.07, 6.45) is 2.71. The fourth-order valence-electron chi connectivity index (χ4n) is 1.70. The Balaban J connectivity index is 2.16. The van der Waals surface area contributed by atoms with E-state index in [9.17, 15) is 0 Å². The molecule has 1 heterocycles. The van der Waals surface area contributed by atoms with E-state index >= 15 is 0 Å². The summed E-state index contributed by atoms with van der Waals surface area (Å²) in [5.74, 6) is 1.40. The molecular weight excluding hydrogens is 238 g/mol. The van der Waals surface area contributed by atoms with E-state index in [4.69, 9.17) is 21.1 Å². The highest BCUT2D eigenvalue weighted by Crippen LogP contribution is 2.37. The Hall–Kier alpha value is -1.19. The number of hydrogen-bond acceptors (Lipinski definition) is 3. The second-order valence-corrected chi connectivity index (χ2v) is 4.28. The fraction of sp³-hybridized carbons (Fsp3) is 0.385. The minimum atomic E-state index is 0.611. The van der Waals surface area contributed by atoms with Gasteiger partial charge in [0.1, 0.15) is 0 Å². The standard InChI is InChI=1S/C13H16ClNO2/c1-2-4-15-9-10-7-11(14)13-12(8-10)16-5-3-6-17-13/h2,7-8,15H,1,3-6,9H2. The van der Waals surface area contributed by atoms with Crippen LogP contribution in [0.3, 0.4) is 0 Å². The second-order valence-electron chi connectivity index (χ2n) is 3.87. The highest BCUT2D eigenvalue weighted by atomic mass is 35.5. The summed E-state index contributed by atoms with van der Waals surface area (Å²) >= 11 is 6.18. The molecule has 0 amide bonds. The first-order valence-electron chi connectivity index (χ1n) is 5.71. The molecule has 0 saturated heterocycles. The van der Waals surface area contributed by atoms with E-state index in [1.165, 1.54) is 0 Å². The van der Waals surface area contributed by atoms with E-state index in [1.807, 2.05) is 18.2 Å². The molecule has 0 aromatic heterocycles. The zero-order valence-corrected chi connectivity index (χ0v) is 10.4. The van der Waals surface area contributed by atoms with E-state index in [2.05, 4.69) is 11.9 Å². The molecule has 0 radical (unpaired) electrons. The van der Waals surface area contributed by atoms with E-state index in [-0.39, 0.29) is 0 Å². The van der Waals surface area contributed by atoms with Crippen molar-refractivity contribution in [2.75, 3.05) is 19.8 Å². The summed E-state index contributed by atoms with van der Waals surface area (Å²) in [4.78, 5) is 0. The van der Waals surface area contributed by atoms with Crippen LogP contribution in [-0.2, 0) is 6.54 Å².